The van der Waals surface area contributed by atoms with Gasteiger partial charge in [0.15, 0.2) is 0 Å². The highest BCUT2D eigenvalue weighted by atomic mass is 15.2. The van der Waals surface area contributed by atoms with Gasteiger partial charge in [0.2, 0.25) is 0 Å². The van der Waals surface area contributed by atoms with Crippen molar-refractivity contribution in [3.63, 3.8) is 0 Å². The first-order chi connectivity index (χ1) is 38.7. The number of hydrogen-bond acceptors (Lipinski definition) is 4. The van der Waals surface area contributed by atoms with Crippen LogP contribution in [-0.4, -0.2) is 0 Å². The lowest BCUT2D eigenvalue weighted by atomic mass is 9.93. The van der Waals surface area contributed by atoms with Crippen LogP contribution in [0.1, 0.15) is 0 Å². The van der Waals surface area contributed by atoms with Crippen molar-refractivity contribution in [1.82, 2.24) is 0 Å². The first kappa shape index (κ1) is 46.1. The molecule has 0 aromatic heterocycles. The highest BCUT2D eigenvalue weighted by Gasteiger charge is 2.28. The van der Waals surface area contributed by atoms with E-state index >= 15 is 0 Å². The Morgan fingerprint density at radius 2 is 0.372 bits per heavy atom. The van der Waals surface area contributed by atoms with E-state index in [1.54, 1.807) is 0 Å². The molecule has 0 aliphatic carbocycles. The topological polar surface area (TPSA) is 13.0 Å². The third kappa shape index (κ3) is 8.48. The van der Waals surface area contributed by atoms with Gasteiger partial charge in [0, 0.05) is 78.4 Å². The van der Waals surface area contributed by atoms with Crippen molar-refractivity contribution in [3.05, 3.63) is 315 Å². The highest BCUT2D eigenvalue weighted by molar-refractivity contribution is 6.24. The maximum Gasteiger partial charge on any atom is 0.0620 e. The standard InChI is InChI=1S/C74H52N4/c1-6-28-59(29-7-1)75(64-41-38-53-22-16-19-25-56(53)48-64)67-44-46-69-71(51-67)73(77(60-30-8-2-9-31-60)61-32-10-3-11-33-61)70-47-45-68(52-72(70)74(69)78(62-34-12-4-13-35-62)63-36-14-5-15-37-63)76(65-42-39-54-23-17-20-26-57(54)49-65)66-43-40-55-24-18-21-27-58(55)50-66/h1-52H. The molecule has 0 amide bonds. The molecule has 368 valence electrons. The Morgan fingerprint density at radius 1 is 0.141 bits per heavy atom. The van der Waals surface area contributed by atoms with E-state index in [1.165, 1.54) is 32.3 Å². The molecule has 0 unspecified atom stereocenters. The lowest BCUT2D eigenvalue weighted by molar-refractivity contribution is 1.27. The molecule has 0 aliphatic rings. The van der Waals surface area contributed by atoms with Gasteiger partial charge in [-0.2, -0.15) is 0 Å². The summed E-state index contributed by atoms with van der Waals surface area (Å²) in [5.74, 6) is 0. The number of anilines is 12. The molecular formula is C74H52N4. The molecule has 14 aromatic carbocycles. The predicted molar refractivity (Wildman–Crippen MR) is 333 cm³/mol. The SMILES string of the molecule is c1ccc(N(c2ccc3ccccc3c2)c2ccc3c(N(c4ccccc4)c4ccccc4)c4cc(N(c5ccc6ccccc6c5)c5ccc6ccccc6c5)ccc4c(N(c4ccccc4)c4ccccc4)c3c2)cc1. The van der Waals surface area contributed by atoms with Gasteiger partial charge in [-0.3, -0.25) is 0 Å². The molecule has 0 saturated heterocycles. The third-order valence-electron chi connectivity index (χ3n) is 15.0. The zero-order valence-corrected chi connectivity index (χ0v) is 42.8. The molecule has 4 heteroatoms. The van der Waals surface area contributed by atoms with Crippen LogP contribution in [0.15, 0.2) is 315 Å². The molecule has 0 fully saturated rings. The van der Waals surface area contributed by atoms with Gasteiger partial charge in [-0.1, -0.05) is 194 Å². The Kier molecular flexibility index (Phi) is 11.8. The van der Waals surface area contributed by atoms with E-state index in [2.05, 4.69) is 335 Å². The lowest BCUT2D eigenvalue weighted by Crippen LogP contribution is -2.16. The molecule has 0 bridgehead atoms. The molecule has 0 saturated carbocycles. The Hall–Kier alpha value is -10.4. The van der Waals surface area contributed by atoms with E-state index < -0.39 is 0 Å². The van der Waals surface area contributed by atoms with Gasteiger partial charge in [-0.15, -0.1) is 0 Å². The smallest absolute Gasteiger partial charge is 0.0620 e. The van der Waals surface area contributed by atoms with Crippen LogP contribution in [0, 0.1) is 0 Å². The highest BCUT2D eigenvalue weighted by Crippen LogP contribution is 2.54. The molecule has 4 nitrogen and oxygen atoms in total. The van der Waals surface area contributed by atoms with Gasteiger partial charge < -0.3 is 19.6 Å². The van der Waals surface area contributed by atoms with Crippen LogP contribution in [0.25, 0.3) is 53.9 Å². The maximum absolute atomic E-state index is 2.46. The summed E-state index contributed by atoms with van der Waals surface area (Å²) in [6, 6.07) is 115. The summed E-state index contributed by atoms with van der Waals surface area (Å²) in [7, 11) is 0. The predicted octanol–water partition coefficient (Wildman–Crippen LogP) is 21.3. The monoisotopic (exact) mass is 996 g/mol. The minimum absolute atomic E-state index is 1.04. The van der Waals surface area contributed by atoms with Crippen LogP contribution in [0.3, 0.4) is 0 Å². The number of nitrogens with zero attached hydrogens (tertiary/aromatic N) is 4. The quantitative estimate of drug-likeness (QED) is 0.0893. The summed E-state index contributed by atoms with van der Waals surface area (Å²) in [5, 5.41) is 11.5. The van der Waals surface area contributed by atoms with E-state index in [1.807, 2.05) is 0 Å². The van der Waals surface area contributed by atoms with Gasteiger partial charge in [0.25, 0.3) is 0 Å². The second-order valence-electron chi connectivity index (χ2n) is 19.8. The van der Waals surface area contributed by atoms with Crippen LogP contribution in [0.4, 0.5) is 68.2 Å². The summed E-state index contributed by atoms with van der Waals surface area (Å²) < 4.78 is 0. The minimum atomic E-state index is 1.04. The molecule has 0 atom stereocenters. The number of benzene rings is 14. The Morgan fingerprint density at radius 3 is 0.679 bits per heavy atom. The van der Waals surface area contributed by atoms with E-state index in [4.69, 9.17) is 0 Å². The third-order valence-corrected chi connectivity index (χ3v) is 15.0. The van der Waals surface area contributed by atoms with Crippen LogP contribution in [0.5, 0.6) is 0 Å². The molecule has 0 N–H and O–H groups in total. The fraction of sp³-hybridized carbons (Fsp3) is 0. The van der Waals surface area contributed by atoms with E-state index in [0.717, 1.165) is 89.8 Å². The molecule has 0 radical (unpaired) electrons. The molecule has 0 heterocycles. The summed E-state index contributed by atoms with van der Waals surface area (Å²) in [6.07, 6.45) is 0. The van der Waals surface area contributed by atoms with Gasteiger partial charge in [0.05, 0.1) is 11.4 Å². The molecule has 0 spiro atoms. The van der Waals surface area contributed by atoms with Crippen molar-refractivity contribution < 1.29 is 0 Å². The van der Waals surface area contributed by atoms with Crippen LogP contribution in [0.2, 0.25) is 0 Å². The number of para-hydroxylation sites is 5. The normalized spacial score (nSPS) is 11.3. The Bertz CT molecular complexity index is 4290. The number of hydrogen-bond donors (Lipinski definition) is 0. The lowest BCUT2D eigenvalue weighted by Gasteiger charge is -2.34. The second kappa shape index (κ2) is 20.0. The fourth-order valence-electron chi connectivity index (χ4n) is 11.5. The zero-order valence-electron chi connectivity index (χ0n) is 42.8. The van der Waals surface area contributed by atoms with Crippen molar-refractivity contribution in [2.45, 2.75) is 0 Å². The Balaban J connectivity index is 1.13. The first-order valence-electron chi connectivity index (χ1n) is 26.7. The first-order valence-corrected chi connectivity index (χ1v) is 26.7. The van der Waals surface area contributed by atoms with Crippen molar-refractivity contribution >= 4 is 122 Å². The zero-order chi connectivity index (χ0) is 51.8. The van der Waals surface area contributed by atoms with Gasteiger partial charge >= 0.3 is 0 Å². The number of fused-ring (bicyclic) bond motifs is 5. The van der Waals surface area contributed by atoms with E-state index in [9.17, 15) is 0 Å². The van der Waals surface area contributed by atoms with Crippen LogP contribution in [-0.2, 0) is 0 Å². The van der Waals surface area contributed by atoms with E-state index in [0.29, 0.717) is 0 Å². The summed E-state index contributed by atoms with van der Waals surface area (Å²) >= 11 is 0. The minimum Gasteiger partial charge on any atom is -0.310 e. The van der Waals surface area contributed by atoms with Gasteiger partial charge in [-0.05, 0) is 154 Å². The average Bonchev–Trinajstić information content (AvgIpc) is 3.50. The Labute approximate surface area is 454 Å². The van der Waals surface area contributed by atoms with Crippen molar-refractivity contribution in [2.75, 3.05) is 19.6 Å². The second-order valence-corrected chi connectivity index (χ2v) is 19.8. The van der Waals surface area contributed by atoms with Crippen molar-refractivity contribution in [3.8, 4) is 0 Å². The number of rotatable bonds is 12. The van der Waals surface area contributed by atoms with Gasteiger partial charge in [0.1, 0.15) is 0 Å². The molecule has 78 heavy (non-hydrogen) atoms. The molecule has 14 aromatic rings. The summed E-state index contributed by atoms with van der Waals surface area (Å²) in [6.45, 7) is 0. The van der Waals surface area contributed by atoms with Crippen LogP contribution < -0.4 is 19.6 Å². The van der Waals surface area contributed by atoms with Crippen molar-refractivity contribution in [1.29, 1.82) is 0 Å². The van der Waals surface area contributed by atoms with Crippen molar-refractivity contribution in [2.24, 2.45) is 0 Å². The molecule has 0 aliphatic heterocycles. The maximum atomic E-state index is 2.46. The average molecular weight is 997 g/mol. The summed E-state index contributed by atoms with van der Waals surface area (Å²) in [5.41, 5.74) is 12.7. The molecular weight excluding hydrogens is 945 g/mol. The summed E-state index contributed by atoms with van der Waals surface area (Å²) in [4.78, 5) is 9.75. The largest absolute Gasteiger partial charge is 0.310 e. The van der Waals surface area contributed by atoms with Gasteiger partial charge in [-0.25, -0.2) is 0 Å². The van der Waals surface area contributed by atoms with Crippen LogP contribution >= 0.6 is 0 Å². The molecule has 14 rings (SSSR count). The fourth-order valence-corrected chi connectivity index (χ4v) is 11.5. The van der Waals surface area contributed by atoms with E-state index in [-0.39, 0.29) is 0 Å².